The Morgan fingerprint density at radius 1 is 1.21 bits per heavy atom. The molecule has 2 aromatic heterocycles. The summed E-state index contributed by atoms with van der Waals surface area (Å²) in [5, 5.41) is 6.28. The zero-order chi connectivity index (χ0) is 16.4. The predicted octanol–water partition coefficient (Wildman–Crippen LogP) is 2.95. The number of hydrogen-bond acceptors (Lipinski definition) is 7. The molecule has 1 N–H and O–H groups in total. The molecular weight excluding hydrogens is 322 g/mol. The van der Waals surface area contributed by atoms with Crippen LogP contribution in [0.5, 0.6) is 0 Å². The fourth-order valence-corrected chi connectivity index (χ4v) is 4.29. The Morgan fingerprint density at radius 3 is 2.75 bits per heavy atom. The summed E-state index contributed by atoms with van der Waals surface area (Å²) in [6.07, 6.45) is 6.97. The minimum absolute atomic E-state index is 0.459. The average molecular weight is 345 g/mol. The van der Waals surface area contributed by atoms with Crippen LogP contribution >= 0.6 is 11.3 Å². The Morgan fingerprint density at radius 2 is 2.04 bits per heavy atom. The monoisotopic (exact) mass is 345 g/mol. The molecule has 2 saturated heterocycles. The van der Waals surface area contributed by atoms with E-state index in [0.717, 1.165) is 61.5 Å². The third-order valence-electron chi connectivity index (χ3n) is 4.91. The largest absolute Gasteiger partial charge is 0.380 e. The quantitative estimate of drug-likeness (QED) is 0.919. The highest BCUT2D eigenvalue weighted by Crippen LogP contribution is 2.33. The lowest BCUT2D eigenvalue weighted by Crippen LogP contribution is -2.41. The second-order valence-electron chi connectivity index (χ2n) is 6.54. The molecule has 4 heterocycles. The van der Waals surface area contributed by atoms with Gasteiger partial charge in [-0.05, 0) is 39.3 Å². The molecule has 2 aromatic rings. The Hall–Kier alpha value is -1.57. The predicted molar refractivity (Wildman–Crippen MR) is 94.9 cm³/mol. The molecular formula is C17H23N5OS. The van der Waals surface area contributed by atoms with Gasteiger partial charge in [-0.3, -0.25) is 9.88 Å². The van der Waals surface area contributed by atoms with Gasteiger partial charge in [-0.2, -0.15) is 0 Å². The lowest BCUT2D eigenvalue weighted by atomic mass is 9.92. The third kappa shape index (κ3) is 3.43. The number of ether oxygens (including phenoxy) is 1. The van der Waals surface area contributed by atoms with Crippen LogP contribution in [0.1, 0.15) is 36.6 Å². The highest BCUT2D eigenvalue weighted by Gasteiger charge is 2.30. The topological polar surface area (TPSA) is 63.2 Å². The number of piperidine rings is 1. The van der Waals surface area contributed by atoms with Crippen molar-refractivity contribution in [1.82, 2.24) is 19.9 Å². The van der Waals surface area contributed by atoms with E-state index >= 15 is 0 Å². The summed E-state index contributed by atoms with van der Waals surface area (Å²) in [7, 11) is 0. The van der Waals surface area contributed by atoms with Gasteiger partial charge in [-0.25, -0.2) is 9.97 Å². The summed E-state index contributed by atoms with van der Waals surface area (Å²) in [5.41, 5.74) is 2.10. The number of likely N-dealkylation sites (tertiary alicyclic amines) is 1. The zero-order valence-electron chi connectivity index (χ0n) is 13.9. The smallest absolute Gasteiger partial charge is 0.188 e. The van der Waals surface area contributed by atoms with Crippen molar-refractivity contribution in [3.8, 4) is 0 Å². The van der Waals surface area contributed by atoms with Crippen molar-refractivity contribution in [1.29, 1.82) is 0 Å². The van der Waals surface area contributed by atoms with Crippen LogP contribution in [0.25, 0.3) is 0 Å². The van der Waals surface area contributed by atoms with Gasteiger partial charge in [0.05, 0.1) is 18.0 Å². The zero-order valence-corrected chi connectivity index (χ0v) is 14.8. The summed E-state index contributed by atoms with van der Waals surface area (Å²) in [6, 6.07) is 0.615. The van der Waals surface area contributed by atoms with Gasteiger partial charge in [0.1, 0.15) is 0 Å². The van der Waals surface area contributed by atoms with E-state index in [-0.39, 0.29) is 0 Å². The number of aryl methyl sites for hydroxylation is 1. The van der Waals surface area contributed by atoms with Crippen LogP contribution in [0.4, 0.5) is 10.9 Å². The number of rotatable bonds is 4. The molecule has 0 spiro atoms. The SMILES string of the molecule is Cc1csc(Nc2nccnc2C2CCN(C3CCOC3)CC2)n1. The fraction of sp³-hybridized carbons (Fsp3) is 0.588. The van der Waals surface area contributed by atoms with E-state index in [2.05, 4.69) is 25.2 Å². The van der Waals surface area contributed by atoms with Crippen LogP contribution in [0.2, 0.25) is 0 Å². The van der Waals surface area contributed by atoms with Crippen molar-refractivity contribution >= 4 is 22.3 Å². The molecule has 6 nitrogen and oxygen atoms in total. The molecule has 0 bridgehead atoms. The Bertz CT molecular complexity index is 677. The summed E-state index contributed by atoms with van der Waals surface area (Å²) in [4.78, 5) is 16.2. The van der Waals surface area contributed by atoms with Gasteiger partial charge in [0.2, 0.25) is 0 Å². The molecule has 24 heavy (non-hydrogen) atoms. The van der Waals surface area contributed by atoms with Crippen molar-refractivity contribution in [2.75, 3.05) is 31.6 Å². The average Bonchev–Trinajstić information content (AvgIpc) is 3.28. The Labute approximate surface area is 146 Å². The van der Waals surface area contributed by atoms with Crippen molar-refractivity contribution in [2.24, 2.45) is 0 Å². The summed E-state index contributed by atoms with van der Waals surface area (Å²) >= 11 is 1.60. The highest BCUT2D eigenvalue weighted by atomic mass is 32.1. The molecule has 0 saturated carbocycles. The van der Waals surface area contributed by atoms with Crippen molar-refractivity contribution in [3.05, 3.63) is 29.2 Å². The van der Waals surface area contributed by atoms with E-state index in [1.165, 1.54) is 6.42 Å². The molecule has 1 unspecified atom stereocenters. The van der Waals surface area contributed by atoms with Crippen LogP contribution in [0, 0.1) is 6.92 Å². The van der Waals surface area contributed by atoms with Gasteiger partial charge >= 0.3 is 0 Å². The number of aromatic nitrogens is 3. The number of nitrogens with zero attached hydrogens (tertiary/aromatic N) is 4. The molecule has 1 atom stereocenters. The van der Waals surface area contributed by atoms with Gasteiger partial charge in [-0.15, -0.1) is 11.3 Å². The van der Waals surface area contributed by atoms with E-state index in [4.69, 9.17) is 4.74 Å². The van der Waals surface area contributed by atoms with Gasteiger partial charge < -0.3 is 10.1 Å². The first-order chi connectivity index (χ1) is 11.8. The number of hydrogen-bond donors (Lipinski definition) is 1. The maximum absolute atomic E-state index is 5.53. The number of anilines is 2. The molecule has 128 valence electrons. The number of nitrogens with one attached hydrogen (secondary N) is 1. The molecule has 2 aliphatic heterocycles. The van der Waals surface area contributed by atoms with Gasteiger partial charge in [0.15, 0.2) is 10.9 Å². The van der Waals surface area contributed by atoms with E-state index in [1.807, 2.05) is 12.3 Å². The van der Waals surface area contributed by atoms with Gasteiger partial charge in [-0.1, -0.05) is 0 Å². The first-order valence-corrected chi connectivity index (χ1v) is 9.49. The van der Waals surface area contributed by atoms with E-state index in [0.29, 0.717) is 12.0 Å². The molecule has 2 fully saturated rings. The minimum Gasteiger partial charge on any atom is -0.380 e. The van der Waals surface area contributed by atoms with Crippen LogP contribution in [-0.4, -0.2) is 52.2 Å². The minimum atomic E-state index is 0.459. The standard InChI is InChI=1S/C17H23N5OS/c1-12-11-24-17(20-12)21-16-15(18-5-6-19-16)13-2-7-22(8-3-13)14-4-9-23-10-14/h5-6,11,13-14H,2-4,7-10H2,1H3,(H,19,20,21). The van der Waals surface area contributed by atoms with Gasteiger partial charge in [0.25, 0.3) is 0 Å². The van der Waals surface area contributed by atoms with E-state index < -0.39 is 0 Å². The normalized spacial score (nSPS) is 22.8. The van der Waals surface area contributed by atoms with Crippen molar-refractivity contribution < 1.29 is 4.74 Å². The highest BCUT2D eigenvalue weighted by molar-refractivity contribution is 7.13. The van der Waals surface area contributed by atoms with Gasteiger partial charge in [0, 0.05) is 36.3 Å². The molecule has 4 rings (SSSR count). The third-order valence-corrected chi connectivity index (χ3v) is 5.78. The second-order valence-corrected chi connectivity index (χ2v) is 7.39. The lowest BCUT2D eigenvalue weighted by Gasteiger charge is -2.35. The van der Waals surface area contributed by atoms with Crippen LogP contribution in [0.3, 0.4) is 0 Å². The molecule has 0 amide bonds. The fourth-order valence-electron chi connectivity index (χ4n) is 3.60. The van der Waals surface area contributed by atoms with Crippen LogP contribution in [-0.2, 0) is 4.74 Å². The maximum atomic E-state index is 5.53. The first kappa shape index (κ1) is 15.9. The maximum Gasteiger partial charge on any atom is 0.188 e. The molecule has 7 heteroatoms. The number of thiazole rings is 1. The Balaban J connectivity index is 1.44. The molecule has 0 aromatic carbocycles. The molecule has 0 radical (unpaired) electrons. The van der Waals surface area contributed by atoms with Crippen LogP contribution in [0.15, 0.2) is 17.8 Å². The summed E-state index contributed by atoms with van der Waals surface area (Å²) < 4.78 is 5.53. The van der Waals surface area contributed by atoms with Crippen molar-refractivity contribution in [3.63, 3.8) is 0 Å². The van der Waals surface area contributed by atoms with E-state index in [1.54, 1.807) is 23.7 Å². The second kappa shape index (κ2) is 7.13. The summed E-state index contributed by atoms with van der Waals surface area (Å²) in [6.45, 7) is 6.04. The first-order valence-electron chi connectivity index (χ1n) is 8.61. The van der Waals surface area contributed by atoms with Crippen molar-refractivity contribution in [2.45, 2.75) is 38.1 Å². The molecule has 0 aliphatic carbocycles. The molecule has 2 aliphatic rings. The van der Waals surface area contributed by atoms with E-state index in [9.17, 15) is 0 Å². The summed E-state index contributed by atoms with van der Waals surface area (Å²) in [5.74, 6) is 1.32. The van der Waals surface area contributed by atoms with Crippen LogP contribution < -0.4 is 5.32 Å². The Kier molecular flexibility index (Phi) is 4.73. The lowest BCUT2D eigenvalue weighted by molar-refractivity contribution is 0.121.